The molecule has 0 radical (unpaired) electrons. The minimum atomic E-state index is -3.98. The van der Waals surface area contributed by atoms with E-state index < -0.39 is 94.5 Å². The van der Waals surface area contributed by atoms with Crippen molar-refractivity contribution in [3.63, 3.8) is 0 Å². The molecule has 6 atom stereocenters. The van der Waals surface area contributed by atoms with Crippen molar-refractivity contribution in [3.05, 3.63) is 0 Å². The maximum absolute atomic E-state index is 13.0. The van der Waals surface area contributed by atoms with Crippen molar-refractivity contribution in [1.29, 1.82) is 0 Å². The van der Waals surface area contributed by atoms with Crippen LogP contribution in [0.2, 0.25) is 0 Å². The van der Waals surface area contributed by atoms with Crippen molar-refractivity contribution in [1.82, 2.24) is 9.80 Å². The molecule has 0 unspecified atom stereocenters. The molecule has 15 heteroatoms. The molecule has 190 valence electrons. The molecule has 0 aliphatic carbocycles. The molecule has 0 spiro atoms. The molecule has 0 aromatic heterocycles. The number of esters is 2. The molecule has 4 fully saturated rings. The van der Waals surface area contributed by atoms with Gasteiger partial charge in [0.1, 0.15) is 22.8 Å². The van der Waals surface area contributed by atoms with E-state index in [9.17, 15) is 36.0 Å². The van der Waals surface area contributed by atoms with E-state index in [4.69, 9.17) is 15.2 Å². The van der Waals surface area contributed by atoms with Crippen LogP contribution in [0.4, 0.5) is 0 Å². The van der Waals surface area contributed by atoms with Gasteiger partial charge in [-0.05, 0) is 34.6 Å². The lowest BCUT2D eigenvalue weighted by molar-refractivity contribution is -0.182. The summed E-state index contributed by atoms with van der Waals surface area (Å²) in [5, 5.41) is -2.36. The Kier molecular flexibility index (Phi) is 5.21. The van der Waals surface area contributed by atoms with E-state index in [2.05, 4.69) is 0 Å². The van der Waals surface area contributed by atoms with E-state index in [0.29, 0.717) is 0 Å². The highest BCUT2D eigenvalue weighted by Crippen LogP contribution is 2.50. The van der Waals surface area contributed by atoms with E-state index in [-0.39, 0.29) is 6.42 Å². The number of hydrogen-bond donors (Lipinski definition) is 1. The van der Waals surface area contributed by atoms with Gasteiger partial charge in [0, 0.05) is 6.04 Å². The summed E-state index contributed by atoms with van der Waals surface area (Å²) in [7, 11) is -7.80. The highest BCUT2D eigenvalue weighted by Gasteiger charge is 2.73. The first kappa shape index (κ1) is 24.9. The molecule has 0 bridgehead atoms. The van der Waals surface area contributed by atoms with Crippen molar-refractivity contribution in [3.8, 4) is 0 Å². The molecule has 2 amide bonds. The van der Waals surface area contributed by atoms with Gasteiger partial charge < -0.3 is 25.0 Å². The molecule has 2 N–H and O–H groups in total. The molecule has 4 saturated heterocycles. The van der Waals surface area contributed by atoms with E-state index in [1.807, 2.05) is 0 Å². The van der Waals surface area contributed by atoms with Crippen molar-refractivity contribution < 1.29 is 45.5 Å². The maximum Gasteiger partial charge on any atom is 0.333 e. The van der Waals surface area contributed by atoms with Crippen LogP contribution in [0, 0.1) is 5.92 Å². The Labute approximate surface area is 196 Å². The Morgan fingerprint density at radius 1 is 0.971 bits per heavy atom. The number of rotatable bonds is 5. The number of ether oxygens (including phenoxy) is 2. The molecule has 4 rings (SSSR count). The first-order valence-electron chi connectivity index (χ1n) is 10.6. The second-order valence-electron chi connectivity index (χ2n) is 10.1. The summed E-state index contributed by atoms with van der Waals surface area (Å²) in [4.78, 5) is 51.9. The predicted octanol–water partition coefficient (Wildman–Crippen LogP) is -2.13. The van der Waals surface area contributed by atoms with Gasteiger partial charge in [-0.3, -0.25) is 9.59 Å². The predicted molar refractivity (Wildman–Crippen MR) is 114 cm³/mol. The summed E-state index contributed by atoms with van der Waals surface area (Å²) in [5.74, 6) is -4.26. The summed E-state index contributed by atoms with van der Waals surface area (Å²) >= 11 is 0. The smallest absolute Gasteiger partial charge is 0.333 e. The molecule has 0 aromatic rings. The average molecular weight is 522 g/mol. The van der Waals surface area contributed by atoms with Crippen LogP contribution in [0.1, 0.15) is 41.0 Å². The third-order valence-electron chi connectivity index (χ3n) is 7.50. The fourth-order valence-corrected chi connectivity index (χ4v) is 9.86. The van der Waals surface area contributed by atoms with Gasteiger partial charge in [0.15, 0.2) is 19.7 Å². The minimum Gasteiger partial charge on any atom is -0.426 e. The van der Waals surface area contributed by atoms with Gasteiger partial charge in [-0.1, -0.05) is 0 Å². The van der Waals surface area contributed by atoms with Gasteiger partial charge in [-0.15, -0.1) is 0 Å². The second-order valence-corrected chi connectivity index (χ2v) is 15.4. The number of fused-ring (bicyclic) bond motifs is 2. The van der Waals surface area contributed by atoms with Crippen molar-refractivity contribution in [2.75, 3.05) is 6.79 Å². The molecule has 4 aliphatic heterocycles. The Morgan fingerprint density at radius 2 is 1.44 bits per heavy atom. The van der Waals surface area contributed by atoms with Gasteiger partial charge in [-0.25, -0.2) is 26.4 Å². The van der Waals surface area contributed by atoms with Crippen LogP contribution < -0.4 is 5.73 Å². The second kappa shape index (κ2) is 7.13. The quantitative estimate of drug-likeness (QED) is 0.236. The van der Waals surface area contributed by atoms with Crippen molar-refractivity contribution in [2.45, 2.75) is 79.4 Å². The molecule has 0 saturated carbocycles. The van der Waals surface area contributed by atoms with E-state index in [0.717, 1.165) is 9.80 Å². The lowest BCUT2D eigenvalue weighted by Gasteiger charge is -2.44. The summed E-state index contributed by atoms with van der Waals surface area (Å²) < 4.78 is 57.9. The fraction of sp³-hybridized carbons (Fsp3) is 0.789. The van der Waals surface area contributed by atoms with Crippen LogP contribution in [-0.4, -0.2) is 95.5 Å². The molecule has 13 nitrogen and oxygen atoms in total. The van der Waals surface area contributed by atoms with Crippen LogP contribution in [0.25, 0.3) is 0 Å². The first-order valence-corrected chi connectivity index (χ1v) is 13.7. The summed E-state index contributed by atoms with van der Waals surface area (Å²) in [5.41, 5.74) is 5.77. The Balaban J connectivity index is 1.46. The number of nitrogens with two attached hydrogens (primary N) is 1. The summed E-state index contributed by atoms with van der Waals surface area (Å²) in [6.45, 7) is 5.76. The maximum atomic E-state index is 13.0. The molecule has 4 heterocycles. The number of hydrogen-bond acceptors (Lipinski definition) is 11. The number of sulfone groups is 2. The molecule has 4 aliphatic rings. The zero-order valence-corrected chi connectivity index (χ0v) is 20.9. The number of β-lactam (4-membered cyclic amide) rings is 2. The van der Waals surface area contributed by atoms with Gasteiger partial charge in [0.05, 0.1) is 21.8 Å². The monoisotopic (exact) mass is 521 g/mol. The van der Waals surface area contributed by atoms with Gasteiger partial charge in [0.25, 0.3) is 0 Å². The van der Waals surface area contributed by atoms with Crippen molar-refractivity contribution >= 4 is 43.4 Å². The standard InChI is InChI=1S/C19H27N3O10S2/c1-8(20)11-14(24)22-13(19(4,5)34(29,30)15(11)22)17(26)32-7-31-16(25)12-18(2,3)33(27,28)10-6-9(23)21(10)12/h8,10-13,15H,6-7,20H2,1-5H3/t8-,10+,11-,12-,13-,15+/m0/s1. The minimum absolute atomic E-state index is 0.219. The lowest BCUT2D eigenvalue weighted by Crippen LogP contribution is -2.67. The fourth-order valence-electron chi connectivity index (χ4n) is 5.32. The molecular formula is C19H27N3O10S2. The SMILES string of the molecule is C[C@H](N)[C@H]1C(=O)N2[C@@H](C(=O)OCOC(=O)[C@@H]3N4C(=O)C[C@H]4S(=O)(=O)C3(C)C)C(C)(C)S(=O)(=O)[C@H]12. The van der Waals surface area contributed by atoms with Crippen LogP contribution in [0.3, 0.4) is 0 Å². The van der Waals surface area contributed by atoms with Crippen LogP contribution in [0.5, 0.6) is 0 Å². The molecule has 34 heavy (non-hydrogen) atoms. The third kappa shape index (κ3) is 2.80. The van der Waals surface area contributed by atoms with E-state index in [1.165, 1.54) is 34.6 Å². The van der Waals surface area contributed by atoms with Gasteiger partial charge in [0.2, 0.25) is 18.6 Å². The number of carbonyl (C=O) groups is 4. The van der Waals surface area contributed by atoms with E-state index >= 15 is 0 Å². The molecular weight excluding hydrogens is 494 g/mol. The normalized spacial score (nSPS) is 36.6. The zero-order valence-electron chi connectivity index (χ0n) is 19.2. The highest BCUT2D eigenvalue weighted by molar-refractivity contribution is 7.94. The zero-order chi connectivity index (χ0) is 25.8. The average Bonchev–Trinajstić information content (AvgIpc) is 2.91. The Morgan fingerprint density at radius 3 is 1.91 bits per heavy atom. The lowest BCUT2D eigenvalue weighted by atomic mass is 9.87. The highest BCUT2D eigenvalue weighted by atomic mass is 32.2. The summed E-state index contributed by atoms with van der Waals surface area (Å²) in [6.07, 6.45) is -0.219. The van der Waals surface area contributed by atoms with E-state index in [1.54, 1.807) is 0 Å². The van der Waals surface area contributed by atoms with Crippen LogP contribution in [-0.2, 0) is 48.3 Å². The molecule has 0 aromatic carbocycles. The van der Waals surface area contributed by atoms with Gasteiger partial charge >= 0.3 is 11.9 Å². The topological polar surface area (TPSA) is 188 Å². The number of carbonyl (C=O) groups excluding carboxylic acids is 4. The summed E-state index contributed by atoms with van der Waals surface area (Å²) in [6, 6.07) is -3.64. The Bertz CT molecular complexity index is 1210. The Hall–Kier alpha value is -2.26. The largest absolute Gasteiger partial charge is 0.426 e. The van der Waals surface area contributed by atoms with Crippen molar-refractivity contribution in [2.24, 2.45) is 11.7 Å². The third-order valence-corrected chi connectivity index (χ3v) is 13.1. The number of nitrogens with zero attached hydrogens (tertiary/aromatic N) is 2. The van der Waals surface area contributed by atoms with Crippen LogP contribution >= 0.6 is 0 Å². The first-order chi connectivity index (χ1) is 15.4. The number of amides is 2. The van der Waals surface area contributed by atoms with Crippen LogP contribution in [0.15, 0.2) is 0 Å². The van der Waals surface area contributed by atoms with Gasteiger partial charge in [-0.2, -0.15) is 0 Å².